The Labute approximate surface area is 67.6 Å². The van der Waals surface area contributed by atoms with Gasteiger partial charge in [0.1, 0.15) is 6.10 Å². The Balaban J connectivity index is 2.70. The van der Waals surface area contributed by atoms with Crippen molar-refractivity contribution >= 4 is 0 Å². The Morgan fingerprint density at radius 1 is 1.45 bits per heavy atom. The van der Waals surface area contributed by atoms with Gasteiger partial charge in [-0.25, -0.2) is 0 Å². The van der Waals surface area contributed by atoms with Gasteiger partial charge in [-0.05, 0) is 23.8 Å². The topological polar surface area (TPSA) is 40.5 Å². The van der Waals surface area contributed by atoms with E-state index in [1.54, 1.807) is 0 Å². The van der Waals surface area contributed by atoms with Crippen molar-refractivity contribution in [3.8, 4) is 0 Å². The molecule has 0 spiro atoms. The van der Waals surface area contributed by atoms with Crippen LogP contribution in [0.5, 0.6) is 0 Å². The van der Waals surface area contributed by atoms with Gasteiger partial charge in [0, 0.05) is 0 Å². The molecule has 11 heavy (non-hydrogen) atoms. The van der Waals surface area contributed by atoms with Crippen LogP contribution in [-0.2, 0) is 0 Å². The second kappa shape index (κ2) is 2.61. The van der Waals surface area contributed by atoms with E-state index in [2.05, 4.69) is 20.4 Å². The highest BCUT2D eigenvalue weighted by Gasteiger charge is 2.34. The highest BCUT2D eigenvalue weighted by atomic mass is 16.3. The standard InChI is InChI=1S/C9H16O2/c1-6-4-9(2,3)5-7(10)8(6)11/h7-8,10-11H,1,4-5H2,2-3H3/t7-,8-/m0/s1. The third kappa shape index (κ3) is 1.82. The number of aliphatic hydroxyl groups is 2. The Bertz CT molecular complexity index is 172. The minimum absolute atomic E-state index is 0.0930. The first kappa shape index (κ1) is 8.75. The van der Waals surface area contributed by atoms with Crippen molar-refractivity contribution in [2.24, 2.45) is 5.41 Å². The summed E-state index contributed by atoms with van der Waals surface area (Å²) in [5.41, 5.74) is 0.851. The van der Waals surface area contributed by atoms with E-state index in [1.165, 1.54) is 0 Å². The van der Waals surface area contributed by atoms with Crippen molar-refractivity contribution in [2.45, 2.75) is 38.9 Å². The second-order valence-corrected chi connectivity index (χ2v) is 4.22. The van der Waals surface area contributed by atoms with E-state index in [0.29, 0.717) is 6.42 Å². The van der Waals surface area contributed by atoms with Gasteiger partial charge in [-0.2, -0.15) is 0 Å². The molecular weight excluding hydrogens is 140 g/mol. The first-order valence-electron chi connectivity index (χ1n) is 3.96. The SMILES string of the molecule is C=C1CC(C)(C)C[C@H](O)[C@H]1O. The summed E-state index contributed by atoms with van der Waals surface area (Å²) in [6, 6.07) is 0. The second-order valence-electron chi connectivity index (χ2n) is 4.22. The van der Waals surface area contributed by atoms with Crippen LogP contribution in [0.15, 0.2) is 12.2 Å². The maximum atomic E-state index is 9.37. The number of rotatable bonds is 0. The van der Waals surface area contributed by atoms with E-state index in [-0.39, 0.29) is 5.41 Å². The Morgan fingerprint density at radius 3 is 2.45 bits per heavy atom. The lowest BCUT2D eigenvalue weighted by Crippen LogP contribution is -2.38. The molecule has 2 heteroatoms. The molecule has 2 N–H and O–H groups in total. The van der Waals surface area contributed by atoms with Gasteiger partial charge in [0.15, 0.2) is 0 Å². The summed E-state index contributed by atoms with van der Waals surface area (Å²) < 4.78 is 0. The zero-order chi connectivity index (χ0) is 8.65. The van der Waals surface area contributed by atoms with Gasteiger partial charge in [0.25, 0.3) is 0 Å². The number of hydrogen-bond acceptors (Lipinski definition) is 2. The van der Waals surface area contributed by atoms with Crippen LogP contribution in [0.4, 0.5) is 0 Å². The molecule has 0 aromatic heterocycles. The van der Waals surface area contributed by atoms with Crippen molar-refractivity contribution in [3.05, 3.63) is 12.2 Å². The zero-order valence-corrected chi connectivity index (χ0v) is 7.17. The van der Waals surface area contributed by atoms with Gasteiger partial charge in [0.05, 0.1) is 6.10 Å². The molecule has 1 rings (SSSR count). The molecule has 0 aromatic rings. The number of aliphatic hydroxyl groups excluding tert-OH is 2. The molecule has 0 aromatic carbocycles. The molecule has 0 saturated heterocycles. The third-order valence-corrected chi connectivity index (χ3v) is 2.25. The number of hydrogen-bond donors (Lipinski definition) is 2. The predicted octanol–water partition coefficient (Wildman–Crippen LogP) is 1.08. The lowest BCUT2D eigenvalue weighted by Gasteiger charge is -2.37. The monoisotopic (exact) mass is 156 g/mol. The van der Waals surface area contributed by atoms with Gasteiger partial charge in [-0.15, -0.1) is 0 Å². The molecule has 1 aliphatic carbocycles. The van der Waals surface area contributed by atoms with Gasteiger partial charge in [-0.1, -0.05) is 20.4 Å². The first-order valence-corrected chi connectivity index (χ1v) is 3.96. The Morgan fingerprint density at radius 2 is 2.00 bits per heavy atom. The minimum Gasteiger partial charge on any atom is -0.390 e. The maximum Gasteiger partial charge on any atom is 0.101 e. The van der Waals surface area contributed by atoms with Crippen LogP contribution in [0, 0.1) is 5.41 Å². The van der Waals surface area contributed by atoms with Gasteiger partial charge in [0.2, 0.25) is 0 Å². The molecule has 2 nitrogen and oxygen atoms in total. The molecule has 1 fully saturated rings. The fraction of sp³-hybridized carbons (Fsp3) is 0.778. The van der Waals surface area contributed by atoms with Gasteiger partial charge in [-0.3, -0.25) is 0 Å². The van der Waals surface area contributed by atoms with Crippen molar-refractivity contribution in [2.75, 3.05) is 0 Å². The molecule has 2 atom stereocenters. The normalized spacial score (nSPS) is 37.3. The Hall–Kier alpha value is -0.340. The summed E-state index contributed by atoms with van der Waals surface area (Å²) in [4.78, 5) is 0. The van der Waals surface area contributed by atoms with Crippen LogP contribution in [0.1, 0.15) is 26.7 Å². The zero-order valence-electron chi connectivity index (χ0n) is 7.17. The van der Waals surface area contributed by atoms with Crippen LogP contribution < -0.4 is 0 Å². The molecule has 0 heterocycles. The van der Waals surface area contributed by atoms with Crippen LogP contribution >= 0.6 is 0 Å². The summed E-state index contributed by atoms with van der Waals surface area (Å²) in [7, 11) is 0. The van der Waals surface area contributed by atoms with Crippen LogP contribution in [0.3, 0.4) is 0 Å². The highest BCUT2D eigenvalue weighted by molar-refractivity contribution is 5.11. The van der Waals surface area contributed by atoms with E-state index < -0.39 is 12.2 Å². The molecular formula is C9H16O2. The quantitative estimate of drug-likeness (QED) is 0.515. The lowest BCUT2D eigenvalue weighted by molar-refractivity contribution is -0.0117. The van der Waals surface area contributed by atoms with E-state index in [0.717, 1.165) is 12.0 Å². The van der Waals surface area contributed by atoms with Crippen molar-refractivity contribution in [1.82, 2.24) is 0 Å². The molecule has 0 aliphatic heterocycles. The van der Waals surface area contributed by atoms with Gasteiger partial charge < -0.3 is 10.2 Å². The predicted molar refractivity (Wildman–Crippen MR) is 44.2 cm³/mol. The molecule has 0 unspecified atom stereocenters. The molecule has 1 saturated carbocycles. The fourth-order valence-corrected chi connectivity index (χ4v) is 1.74. The molecule has 0 radical (unpaired) electrons. The highest BCUT2D eigenvalue weighted by Crippen LogP contribution is 2.37. The summed E-state index contributed by atoms with van der Waals surface area (Å²) in [6.07, 6.45) is 0.146. The third-order valence-electron chi connectivity index (χ3n) is 2.25. The molecule has 0 bridgehead atoms. The molecule has 0 amide bonds. The largest absolute Gasteiger partial charge is 0.390 e. The van der Waals surface area contributed by atoms with E-state index in [1.807, 2.05) is 0 Å². The Kier molecular flexibility index (Phi) is 2.08. The smallest absolute Gasteiger partial charge is 0.101 e. The maximum absolute atomic E-state index is 9.37. The van der Waals surface area contributed by atoms with Gasteiger partial charge >= 0.3 is 0 Å². The average molecular weight is 156 g/mol. The summed E-state index contributed by atoms with van der Waals surface area (Å²) in [5, 5.41) is 18.7. The van der Waals surface area contributed by atoms with Crippen molar-refractivity contribution in [3.63, 3.8) is 0 Å². The summed E-state index contributed by atoms with van der Waals surface area (Å²) >= 11 is 0. The van der Waals surface area contributed by atoms with Crippen LogP contribution in [0.25, 0.3) is 0 Å². The van der Waals surface area contributed by atoms with E-state index in [9.17, 15) is 10.2 Å². The van der Waals surface area contributed by atoms with Crippen molar-refractivity contribution in [1.29, 1.82) is 0 Å². The fourth-order valence-electron chi connectivity index (χ4n) is 1.74. The molecule has 1 aliphatic rings. The first-order chi connectivity index (χ1) is 4.92. The average Bonchev–Trinajstić information content (AvgIpc) is 1.81. The van der Waals surface area contributed by atoms with Crippen LogP contribution in [-0.4, -0.2) is 22.4 Å². The van der Waals surface area contributed by atoms with Crippen molar-refractivity contribution < 1.29 is 10.2 Å². The van der Waals surface area contributed by atoms with E-state index in [4.69, 9.17) is 0 Å². The summed E-state index contributed by atoms with van der Waals surface area (Å²) in [5.74, 6) is 0. The molecule has 64 valence electrons. The lowest BCUT2D eigenvalue weighted by atomic mass is 9.73. The summed E-state index contributed by atoms with van der Waals surface area (Å²) in [6.45, 7) is 7.88. The van der Waals surface area contributed by atoms with Crippen LogP contribution in [0.2, 0.25) is 0 Å². The minimum atomic E-state index is -0.706. The van der Waals surface area contributed by atoms with E-state index >= 15 is 0 Å².